The number of nitrogens with two attached hydrogens (primary N) is 2. The Labute approximate surface area is 189 Å². The molecule has 0 amide bonds. The molecular formula is C27H30N2O3. The highest BCUT2D eigenvalue weighted by molar-refractivity contribution is 5.81. The molecule has 0 fully saturated rings. The molecule has 0 aliphatic rings. The maximum Gasteiger partial charge on any atom is 0.330 e. The average molecular weight is 431 g/mol. The number of anilines is 2. The molecule has 0 aromatic heterocycles. The van der Waals surface area contributed by atoms with Crippen molar-refractivity contribution in [3.8, 4) is 28.0 Å². The topological polar surface area (TPSA) is 87.6 Å². The third kappa shape index (κ3) is 6.91. The van der Waals surface area contributed by atoms with E-state index in [0.29, 0.717) is 24.6 Å². The molecule has 0 bridgehead atoms. The number of hydrogen-bond acceptors (Lipinski definition) is 5. The zero-order chi connectivity index (χ0) is 22.8. The van der Waals surface area contributed by atoms with Crippen LogP contribution in [0.2, 0.25) is 0 Å². The normalized spacial score (nSPS) is 10.5. The van der Waals surface area contributed by atoms with E-state index in [2.05, 4.69) is 43.0 Å². The summed E-state index contributed by atoms with van der Waals surface area (Å²) in [7, 11) is 0. The Hall–Kier alpha value is -3.73. The van der Waals surface area contributed by atoms with Gasteiger partial charge in [0.05, 0.1) is 13.2 Å². The lowest BCUT2D eigenvalue weighted by Gasteiger charge is -2.09. The highest BCUT2D eigenvalue weighted by atomic mass is 16.5. The van der Waals surface area contributed by atoms with Crippen LogP contribution in [0.3, 0.4) is 0 Å². The van der Waals surface area contributed by atoms with Gasteiger partial charge in [-0.2, -0.15) is 0 Å². The first-order valence-corrected chi connectivity index (χ1v) is 10.8. The van der Waals surface area contributed by atoms with Crippen molar-refractivity contribution in [1.82, 2.24) is 0 Å². The molecule has 3 aromatic rings. The zero-order valence-corrected chi connectivity index (χ0v) is 18.3. The summed E-state index contributed by atoms with van der Waals surface area (Å²) in [4.78, 5) is 10.9. The van der Waals surface area contributed by atoms with E-state index >= 15 is 0 Å². The van der Waals surface area contributed by atoms with Crippen LogP contribution in [0, 0.1) is 0 Å². The number of benzene rings is 3. The molecule has 0 atom stereocenters. The SMILES string of the molecule is C=CC(=O)OCCCCCCOc1ccc(-c2ccc(-c3cc(N)cc(N)c3)cc2)cc1. The van der Waals surface area contributed by atoms with E-state index in [9.17, 15) is 4.79 Å². The number of hydrogen-bond donors (Lipinski definition) is 2. The average Bonchev–Trinajstić information content (AvgIpc) is 2.80. The van der Waals surface area contributed by atoms with Gasteiger partial charge in [-0.3, -0.25) is 0 Å². The van der Waals surface area contributed by atoms with Gasteiger partial charge in [-0.05, 0) is 78.3 Å². The number of rotatable bonds is 11. The van der Waals surface area contributed by atoms with E-state index in [1.54, 1.807) is 6.07 Å². The lowest BCUT2D eigenvalue weighted by atomic mass is 9.99. The van der Waals surface area contributed by atoms with E-state index in [4.69, 9.17) is 20.9 Å². The number of ether oxygens (including phenoxy) is 2. The smallest absolute Gasteiger partial charge is 0.330 e. The summed E-state index contributed by atoms with van der Waals surface area (Å²) in [5.41, 5.74) is 17.5. The van der Waals surface area contributed by atoms with Crippen LogP contribution >= 0.6 is 0 Å². The molecule has 0 aliphatic heterocycles. The van der Waals surface area contributed by atoms with Crippen LogP contribution in [0.15, 0.2) is 79.4 Å². The van der Waals surface area contributed by atoms with Gasteiger partial charge in [-0.15, -0.1) is 0 Å². The predicted molar refractivity (Wildman–Crippen MR) is 131 cm³/mol. The van der Waals surface area contributed by atoms with Crippen LogP contribution in [0.4, 0.5) is 11.4 Å². The Morgan fingerprint density at radius 1 is 0.719 bits per heavy atom. The highest BCUT2D eigenvalue weighted by Gasteiger charge is 2.03. The number of unbranched alkanes of at least 4 members (excludes halogenated alkanes) is 3. The number of esters is 1. The van der Waals surface area contributed by atoms with Gasteiger partial charge in [0.15, 0.2) is 0 Å². The Kier molecular flexibility index (Phi) is 8.32. The number of carbonyl (C=O) groups excluding carboxylic acids is 1. The van der Waals surface area contributed by atoms with Crippen molar-refractivity contribution in [2.24, 2.45) is 0 Å². The third-order valence-corrected chi connectivity index (χ3v) is 5.10. The van der Waals surface area contributed by atoms with Crippen molar-refractivity contribution in [2.45, 2.75) is 25.7 Å². The first kappa shape index (κ1) is 22.9. The molecular weight excluding hydrogens is 400 g/mol. The predicted octanol–water partition coefficient (Wildman–Crippen LogP) is 5.85. The molecule has 166 valence electrons. The fourth-order valence-corrected chi connectivity index (χ4v) is 3.42. The van der Waals surface area contributed by atoms with Gasteiger partial charge in [-0.25, -0.2) is 4.79 Å². The van der Waals surface area contributed by atoms with E-state index in [1.807, 2.05) is 24.3 Å². The van der Waals surface area contributed by atoms with Crippen molar-refractivity contribution >= 4 is 17.3 Å². The second-order valence-electron chi connectivity index (χ2n) is 7.62. The van der Waals surface area contributed by atoms with Gasteiger partial charge < -0.3 is 20.9 Å². The van der Waals surface area contributed by atoms with Gasteiger partial charge in [0, 0.05) is 17.5 Å². The molecule has 0 unspecified atom stereocenters. The zero-order valence-electron chi connectivity index (χ0n) is 18.3. The highest BCUT2D eigenvalue weighted by Crippen LogP contribution is 2.28. The second kappa shape index (κ2) is 11.6. The molecule has 0 radical (unpaired) electrons. The van der Waals surface area contributed by atoms with Gasteiger partial charge in [-0.1, -0.05) is 43.0 Å². The summed E-state index contributed by atoms with van der Waals surface area (Å²) in [6.07, 6.45) is 5.05. The second-order valence-corrected chi connectivity index (χ2v) is 7.62. The summed E-state index contributed by atoms with van der Waals surface area (Å²) in [6, 6.07) is 22.1. The maximum absolute atomic E-state index is 10.9. The Morgan fingerprint density at radius 3 is 1.78 bits per heavy atom. The molecule has 4 N–H and O–H groups in total. The van der Waals surface area contributed by atoms with Crippen molar-refractivity contribution in [2.75, 3.05) is 24.7 Å². The Balaban J connectivity index is 1.44. The van der Waals surface area contributed by atoms with Crippen LogP contribution in [0.5, 0.6) is 5.75 Å². The largest absolute Gasteiger partial charge is 0.494 e. The van der Waals surface area contributed by atoms with Crippen LogP contribution < -0.4 is 16.2 Å². The van der Waals surface area contributed by atoms with Crippen LogP contribution in [0.1, 0.15) is 25.7 Å². The molecule has 3 rings (SSSR count). The maximum atomic E-state index is 10.9. The monoisotopic (exact) mass is 430 g/mol. The summed E-state index contributed by atoms with van der Waals surface area (Å²) >= 11 is 0. The quantitative estimate of drug-likeness (QED) is 0.172. The van der Waals surface area contributed by atoms with Gasteiger partial charge >= 0.3 is 5.97 Å². The van der Waals surface area contributed by atoms with E-state index in [0.717, 1.165) is 53.7 Å². The Bertz CT molecular complexity index is 1010. The standard InChI is InChI=1S/C27H30N2O3/c1-2-27(30)32-16-6-4-3-5-15-31-26-13-11-21(12-14-26)20-7-9-22(10-8-20)23-17-24(28)19-25(29)18-23/h2,7-14,17-19H,1,3-6,15-16,28-29H2. The summed E-state index contributed by atoms with van der Waals surface area (Å²) in [5.74, 6) is 0.500. The minimum atomic E-state index is -0.362. The molecule has 0 spiro atoms. The molecule has 0 aliphatic carbocycles. The Morgan fingerprint density at radius 2 is 1.22 bits per heavy atom. The molecule has 0 saturated carbocycles. The minimum absolute atomic E-state index is 0.362. The van der Waals surface area contributed by atoms with Gasteiger partial charge in [0.2, 0.25) is 0 Å². The summed E-state index contributed by atoms with van der Waals surface area (Å²) < 4.78 is 10.8. The van der Waals surface area contributed by atoms with Crippen LogP contribution in [0.25, 0.3) is 22.3 Å². The molecule has 32 heavy (non-hydrogen) atoms. The van der Waals surface area contributed by atoms with Gasteiger partial charge in [0.1, 0.15) is 5.75 Å². The number of carbonyl (C=O) groups is 1. The molecule has 5 nitrogen and oxygen atoms in total. The van der Waals surface area contributed by atoms with Crippen molar-refractivity contribution in [3.63, 3.8) is 0 Å². The first-order chi connectivity index (χ1) is 15.5. The summed E-state index contributed by atoms with van der Waals surface area (Å²) in [5, 5.41) is 0. The van der Waals surface area contributed by atoms with Crippen molar-refractivity contribution in [3.05, 3.63) is 79.4 Å². The van der Waals surface area contributed by atoms with Gasteiger partial charge in [0.25, 0.3) is 0 Å². The van der Waals surface area contributed by atoms with Crippen LogP contribution in [-0.2, 0) is 9.53 Å². The lowest BCUT2D eigenvalue weighted by Crippen LogP contribution is -2.02. The first-order valence-electron chi connectivity index (χ1n) is 10.8. The minimum Gasteiger partial charge on any atom is -0.494 e. The molecule has 0 saturated heterocycles. The number of nitrogen functional groups attached to an aromatic ring is 2. The van der Waals surface area contributed by atoms with Crippen LogP contribution in [-0.4, -0.2) is 19.2 Å². The van der Waals surface area contributed by atoms with Crippen molar-refractivity contribution in [1.29, 1.82) is 0 Å². The van der Waals surface area contributed by atoms with E-state index in [-0.39, 0.29) is 5.97 Å². The fraction of sp³-hybridized carbons (Fsp3) is 0.222. The molecule has 0 heterocycles. The molecule has 5 heteroatoms. The third-order valence-electron chi connectivity index (χ3n) is 5.10. The fourth-order valence-electron chi connectivity index (χ4n) is 3.42. The lowest BCUT2D eigenvalue weighted by molar-refractivity contribution is -0.137. The molecule has 3 aromatic carbocycles. The van der Waals surface area contributed by atoms with Crippen molar-refractivity contribution < 1.29 is 14.3 Å². The van der Waals surface area contributed by atoms with E-state index < -0.39 is 0 Å². The summed E-state index contributed by atoms with van der Waals surface area (Å²) in [6.45, 7) is 4.49. The van der Waals surface area contributed by atoms with E-state index in [1.165, 1.54) is 6.08 Å².